The zero-order valence-corrected chi connectivity index (χ0v) is 35.2. The molecule has 0 bridgehead atoms. The van der Waals surface area contributed by atoms with E-state index < -0.39 is 13.5 Å². The monoisotopic (exact) mass is 791 g/mol. The minimum Gasteiger partial charge on any atom is -0.488 e. The summed E-state index contributed by atoms with van der Waals surface area (Å²) in [6.45, 7) is 7.49. The van der Waals surface area contributed by atoms with E-state index in [0.29, 0.717) is 24.6 Å². The second-order valence-electron chi connectivity index (χ2n) is 13.7. The summed E-state index contributed by atoms with van der Waals surface area (Å²) in [7, 11) is 3.71. The Balaban J connectivity index is 1.45. The van der Waals surface area contributed by atoms with Gasteiger partial charge in [0.25, 0.3) is 0 Å². The van der Waals surface area contributed by atoms with Crippen molar-refractivity contribution < 1.29 is 13.8 Å². The highest BCUT2D eigenvalue weighted by Crippen LogP contribution is 2.52. The smallest absolute Gasteiger partial charge is 0.410 e. The van der Waals surface area contributed by atoms with Crippen LogP contribution in [0.1, 0.15) is 68.9 Å². The molecule has 53 heavy (non-hydrogen) atoms. The van der Waals surface area contributed by atoms with Crippen molar-refractivity contribution in [1.29, 1.82) is 0 Å². The first kappa shape index (κ1) is 42.1. The summed E-state index contributed by atoms with van der Waals surface area (Å²) < 4.78 is 22.3. The molecule has 282 valence electrons. The van der Waals surface area contributed by atoms with Crippen LogP contribution in [-0.4, -0.2) is 54.8 Å². The molecule has 0 fully saturated rings. The van der Waals surface area contributed by atoms with Crippen LogP contribution in [0, 0.1) is 0 Å². The Labute approximate surface area is 327 Å². The molecule has 0 aliphatic carbocycles. The summed E-state index contributed by atoms with van der Waals surface area (Å²) >= 11 is 12.2. The summed E-state index contributed by atoms with van der Waals surface area (Å²) in [6.07, 6.45) is 6.08. The van der Waals surface area contributed by atoms with Gasteiger partial charge in [0.1, 0.15) is 22.8 Å². The van der Waals surface area contributed by atoms with E-state index in [-0.39, 0.29) is 10.8 Å². The van der Waals surface area contributed by atoms with Crippen molar-refractivity contribution in [2.24, 2.45) is 21.7 Å². The Morgan fingerprint density at radius 3 is 1.58 bits per heavy atom. The van der Waals surface area contributed by atoms with Crippen molar-refractivity contribution in [3.8, 4) is 17.2 Å². The SMILES string of the molecule is CCC(C)(C)Oc1ccc(C=NN(C)[P+](=S)C(C)(C)c2ccc(C=NN(C)P(=S)(Oc3ccc(CCN)cc3)Oc3ccc(CCN)cc3)cc2)cc1. The molecule has 9 nitrogen and oxygen atoms in total. The number of nitrogens with zero attached hydrogens (tertiary/aromatic N) is 4. The van der Waals surface area contributed by atoms with Gasteiger partial charge in [0.2, 0.25) is 0 Å². The number of hydrazone groups is 2. The molecular weight excluding hydrogens is 739 g/mol. The van der Waals surface area contributed by atoms with E-state index in [1.807, 2.05) is 103 Å². The molecule has 4 rings (SSSR count). The van der Waals surface area contributed by atoms with Gasteiger partial charge >= 0.3 is 13.5 Å². The van der Waals surface area contributed by atoms with Gasteiger partial charge in [0, 0.05) is 24.4 Å². The summed E-state index contributed by atoms with van der Waals surface area (Å²) in [4.78, 5) is 0. The maximum absolute atomic E-state index is 6.39. The first-order valence-corrected chi connectivity index (χ1v) is 22.6. The lowest BCUT2D eigenvalue weighted by Crippen LogP contribution is -2.26. The molecule has 4 aromatic rings. The number of nitrogens with two attached hydrogens (primary N) is 2. The van der Waals surface area contributed by atoms with Gasteiger partial charge in [-0.05, 0) is 131 Å². The average molecular weight is 792 g/mol. The molecule has 0 heterocycles. The van der Waals surface area contributed by atoms with Crippen LogP contribution in [0.25, 0.3) is 0 Å². The van der Waals surface area contributed by atoms with Crippen LogP contribution in [-0.2, 0) is 41.6 Å². The number of hydrogen-bond acceptors (Lipinski definition) is 9. The molecule has 0 aliphatic heterocycles. The molecule has 0 saturated carbocycles. The largest absolute Gasteiger partial charge is 0.488 e. The standard InChI is InChI=1S/C40H53N6O3P2S2/c1-8-39(2,3)47-36-19-15-34(16-20-36)29-43-45(6)50(52)40(4,5)35-17-9-33(10-18-35)30-44-46(7)51(53,48-37-21-11-31(12-22-37)25-27-41)49-38-23-13-32(14-24-38)26-28-42/h9-24,29-30H,8,25-28,41-42H2,1-7H3/q+1. The van der Waals surface area contributed by atoms with Gasteiger partial charge in [-0.2, -0.15) is 5.10 Å². The number of rotatable bonds is 19. The van der Waals surface area contributed by atoms with Gasteiger partial charge in [-0.3, -0.25) is 0 Å². The summed E-state index contributed by atoms with van der Waals surface area (Å²) in [5.74, 6) is 2.03. The van der Waals surface area contributed by atoms with Gasteiger partial charge in [-0.1, -0.05) is 55.5 Å². The third-order valence-corrected chi connectivity index (χ3v) is 15.5. The topological polar surface area (TPSA) is 111 Å². The molecule has 4 N–H and O–H groups in total. The fourth-order valence-electron chi connectivity index (χ4n) is 5.04. The first-order chi connectivity index (χ1) is 25.2. The Morgan fingerprint density at radius 2 is 1.13 bits per heavy atom. The van der Waals surface area contributed by atoms with Crippen LogP contribution in [0.3, 0.4) is 0 Å². The van der Waals surface area contributed by atoms with Crippen LogP contribution in [0.15, 0.2) is 107 Å². The van der Waals surface area contributed by atoms with E-state index in [0.717, 1.165) is 52.8 Å². The summed E-state index contributed by atoms with van der Waals surface area (Å²) in [6, 6.07) is 31.7. The molecule has 1 atom stereocenters. The maximum atomic E-state index is 6.39. The first-order valence-electron chi connectivity index (χ1n) is 17.7. The fraction of sp³-hybridized carbons (Fsp3) is 0.350. The van der Waals surface area contributed by atoms with Crippen LogP contribution in [0.5, 0.6) is 17.2 Å². The third kappa shape index (κ3) is 12.2. The van der Waals surface area contributed by atoms with Gasteiger partial charge in [0.15, 0.2) is 17.0 Å². The fourth-order valence-corrected chi connectivity index (χ4v) is 8.60. The predicted molar refractivity (Wildman–Crippen MR) is 230 cm³/mol. The lowest BCUT2D eigenvalue weighted by Gasteiger charge is -2.29. The van der Waals surface area contributed by atoms with Crippen molar-refractivity contribution in [2.75, 3.05) is 27.2 Å². The third-order valence-electron chi connectivity index (χ3n) is 8.74. The van der Waals surface area contributed by atoms with Gasteiger partial charge < -0.3 is 25.3 Å². The number of ether oxygens (including phenoxy) is 1. The quantitative estimate of drug-likeness (QED) is 0.0547. The zero-order chi connectivity index (χ0) is 38.6. The minimum atomic E-state index is -3.17. The van der Waals surface area contributed by atoms with Crippen LogP contribution < -0.4 is 25.3 Å². The highest BCUT2D eigenvalue weighted by atomic mass is 32.5. The molecule has 0 radical (unpaired) electrons. The second-order valence-corrected chi connectivity index (χ2v) is 20.3. The van der Waals surface area contributed by atoms with E-state index in [9.17, 15) is 0 Å². The van der Waals surface area contributed by atoms with Crippen molar-refractivity contribution in [3.63, 3.8) is 0 Å². The Bertz CT molecular complexity index is 1830. The molecule has 0 saturated heterocycles. The molecule has 1 unspecified atom stereocenters. The highest BCUT2D eigenvalue weighted by molar-refractivity contribution is 8.09. The molecule has 0 aromatic heterocycles. The zero-order valence-electron chi connectivity index (χ0n) is 31.8. The molecule has 0 amide bonds. The van der Waals surface area contributed by atoms with E-state index >= 15 is 0 Å². The average Bonchev–Trinajstić information content (AvgIpc) is 3.15. The highest BCUT2D eigenvalue weighted by Gasteiger charge is 2.41. The van der Waals surface area contributed by atoms with Crippen LogP contribution in [0.4, 0.5) is 0 Å². The maximum Gasteiger partial charge on any atom is 0.410 e. The lowest BCUT2D eigenvalue weighted by atomic mass is 10.0. The van der Waals surface area contributed by atoms with Crippen molar-refractivity contribution in [2.45, 2.75) is 64.6 Å². The van der Waals surface area contributed by atoms with E-state index in [1.54, 1.807) is 18.0 Å². The van der Waals surface area contributed by atoms with E-state index in [2.05, 4.69) is 46.8 Å². The Hall–Kier alpha value is -3.69. The van der Waals surface area contributed by atoms with E-state index in [4.69, 9.17) is 59.1 Å². The Morgan fingerprint density at radius 1 is 0.698 bits per heavy atom. The van der Waals surface area contributed by atoms with Crippen LogP contribution >= 0.6 is 13.5 Å². The summed E-state index contributed by atoms with van der Waals surface area (Å²) in [5.41, 5.74) is 16.5. The predicted octanol–water partition coefficient (Wildman–Crippen LogP) is 8.96. The summed E-state index contributed by atoms with van der Waals surface area (Å²) in [5, 5.41) is 9.09. The second kappa shape index (κ2) is 19.1. The van der Waals surface area contributed by atoms with Gasteiger partial charge in [0.05, 0.1) is 19.5 Å². The normalized spacial score (nSPS) is 12.6. The molecule has 0 spiro atoms. The van der Waals surface area contributed by atoms with E-state index in [1.165, 1.54) is 0 Å². The van der Waals surface area contributed by atoms with Crippen molar-refractivity contribution in [1.82, 2.24) is 9.56 Å². The van der Waals surface area contributed by atoms with Crippen molar-refractivity contribution in [3.05, 3.63) is 125 Å². The molecule has 4 aromatic carbocycles. The lowest BCUT2D eigenvalue weighted by molar-refractivity contribution is 0.105. The van der Waals surface area contributed by atoms with Gasteiger partial charge in [-0.15, -0.1) is 9.88 Å². The molecule has 13 heteroatoms. The number of benzene rings is 4. The van der Waals surface area contributed by atoms with Gasteiger partial charge in [-0.25, -0.2) is 4.78 Å². The molecule has 0 aliphatic rings. The molecular formula is C40H53N6O3P2S2+. The Kier molecular flexibility index (Phi) is 15.1. The number of hydrogen-bond donors (Lipinski definition) is 2. The van der Waals surface area contributed by atoms with Crippen LogP contribution in [0.2, 0.25) is 0 Å². The minimum absolute atomic E-state index is 0.208. The van der Waals surface area contributed by atoms with Crippen molar-refractivity contribution >= 4 is 49.5 Å².